The molecule has 0 radical (unpaired) electrons. The van der Waals surface area contributed by atoms with Crippen LogP contribution in [0.2, 0.25) is 0 Å². The molecule has 0 aromatic heterocycles. The zero-order valence-electron chi connectivity index (χ0n) is 8.52. The van der Waals surface area contributed by atoms with Crippen LogP contribution in [0.25, 0.3) is 0 Å². The standard InChI is InChI=1S/C12H19NO/c13-11-5-1-9(2-6-11)10-3-7-12(14)8-4-10/h1-2,5,10-12,14H,3-4,6-8,13H2. The molecule has 1 unspecified atom stereocenters. The molecule has 3 N–H and O–H groups in total. The fraction of sp³-hybridized carbons (Fsp3) is 0.667. The molecule has 78 valence electrons. The van der Waals surface area contributed by atoms with Crippen LogP contribution in [0.5, 0.6) is 0 Å². The molecule has 1 saturated carbocycles. The number of nitrogens with two attached hydrogens (primary N) is 1. The van der Waals surface area contributed by atoms with Gasteiger partial charge in [-0.3, -0.25) is 0 Å². The van der Waals surface area contributed by atoms with Gasteiger partial charge in [-0.25, -0.2) is 0 Å². The van der Waals surface area contributed by atoms with Gasteiger partial charge in [-0.1, -0.05) is 18.2 Å². The van der Waals surface area contributed by atoms with Crippen molar-refractivity contribution in [1.82, 2.24) is 0 Å². The van der Waals surface area contributed by atoms with E-state index in [0.29, 0.717) is 5.92 Å². The van der Waals surface area contributed by atoms with Crippen LogP contribution in [0.1, 0.15) is 32.1 Å². The Hall–Kier alpha value is -0.600. The van der Waals surface area contributed by atoms with Crippen molar-refractivity contribution in [1.29, 1.82) is 0 Å². The minimum absolute atomic E-state index is 0.0540. The highest BCUT2D eigenvalue weighted by Crippen LogP contribution is 2.32. The third-order valence-electron chi connectivity index (χ3n) is 3.33. The van der Waals surface area contributed by atoms with Gasteiger partial charge in [-0.15, -0.1) is 0 Å². The molecule has 0 heterocycles. The monoisotopic (exact) mass is 193 g/mol. The van der Waals surface area contributed by atoms with Crippen molar-refractivity contribution >= 4 is 0 Å². The Morgan fingerprint density at radius 1 is 1.21 bits per heavy atom. The molecule has 14 heavy (non-hydrogen) atoms. The van der Waals surface area contributed by atoms with Gasteiger partial charge < -0.3 is 10.8 Å². The summed E-state index contributed by atoms with van der Waals surface area (Å²) in [7, 11) is 0. The van der Waals surface area contributed by atoms with Gasteiger partial charge in [0, 0.05) is 6.04 Å². The van der Waals surface area contributed by atoms with Gasteiger partial charge in [-0.05, 0) is 43.6 Å². The number of aliphatic hydroxyl groups excluding tert-OH is 1. The van der Waals surface area contributed by atoms with Crippen LogP contribution in [0, 0.1) is 5.92 Å². The van der Waals surface area contributed by atoms with Crippen LogP contribution in [0.4, 0.5) is 0 Å². The average Bonchev–Trinajstić information content (AvgIpc) is 2.21. The zero-order valence-corrected chi connectivity index (χ0v) is 8.52. The van der Waals surface area contributed by atoms with Crippen molar-refractivity contribution in [2.24, 2.45) is 11.7 Å². The average molecular weight is 193 g/mol. The van der Waals surface area contributed by atoms with Gasteiger partial charge >= 0.3 is 0 Å². The minimum Gasteiger partial charge on any atom is -0.393 e. The first-order valence-corrected chi connectivity index (χ1v) is 5.57. The summed E-state index contributed by atoms with van der Waals surface area (Å²) in [4.78, 5) is 0. The van der Waals surface area contributed by atoms with E-state index in [1.165, 1.54) is 5.57 Å². The number of hydrogen-bond acceptors (Lipinski definition) is 2. The summed E-state index contributed by atoms with van der Waals surface area (Å²) in [5, 5.41) is 9.41. The van der Waals surface area contributed by atoms with Crippen LogP contribution in [0.3, 0.4) is 0 Å². The van der Waals surface area contributed by atoms with Crippen LogP contribution in [-0.2, 0) is 0 Å². The fourth-order valence-electron chi connectivity index (χ4n) is 2.37. The fourth-order valence-corrected chi connectivity index (χ4v) is 2.37. The van der Waals surface area contributed by atoms with Crippen LogP contribution in [-0.4, -0.2) is 17.3 Å². The lowest BCUT2D eigenvalue weighted by molar-refractivity contribution is 0.116. The molecule has 2 rings (SSSR count). The van der Waals surface area contributed by atoms with Crippen molar-refractivity contribution in [3.63, 3.8) is 0 Å². The highest BCUT2D eigenvalue weighted by Gasteiger charge is 2.22. The third kappa shape index (κ3) is 2.25. The van der Waals surface area contributed by atoms with Crippen molar-refractivity contribution in [2.75, 3.05) is 0 Å². The molecule has 0 aromatic rings. The van der Waals surface area contributed by atoms with E-state index in [1.807, 2.05) is 0 Å². The van der Waals surface area contributed by atoms with Gasteiger partial charge in [-0.2, -0.15) is 0 Å². The van der Waals surface area contributed by atoms with E-state index in [0.717, 1.165) is 32.1 Å². The van der Waals surface area contributed by atoms with Gasteiger partial charge in [0.05, 0.1) is 6.10 Å². The van der Waals surface area contributed by atoms with E-state index in [1.54, 1.807) is 0 Å². The van der Waals surface area contributed by atoms with E-state index in [9.17, 15) is 5.11 Å². The quantitative estimate of drug-likeness (QED) is 0.666. The SMILES string of the molecule is NC1C=CC(C2CCC(O)CC2)=CC1. The molecule has 2 heteroatoms. The molecule has 1 fully saturated rings. The number of rotatable bonds is 1. The molecule has 1 atom stereocenters. The first-order valence-electron chi connectivity index (χ1n) is 5.57. The Kier molecular flexibility index (Phi) is 3.04. The second-order valence-corrected chi connectivity index (χ2v) is 4.47. The number of hydrogen-bond donors (Lipinski definition) is 2. The van der Waals surface area contributed by atoms with E-state index < -0.39 is 0 Å². The van der Waals surface area contributed by atoms with Gasteiger partial charge in [0.15, 0.2) is 0 Å². The predicted molar refractivity (Wildman–Crippen MR) is 57.8 cm³/mol. The maximum absolute atomic E-state index is 9.41. The molecule has 0 bridgehead atoms. The van der Waals surface area contributed by atoms with Gasteiger partial charge in [0.1, 0.15) is 0 Å². The van der Waals surface area contributed by atoms with Crippen LogP contribution < -0.4 is 5.73 Å². The smallest absolute Gasteiger partial charge is 0.0540 e. The largest absolute Gasteiger partial charge is 0.393 e. The molecule has 0 amide bonds. The molecule has 0 aliphatic heterocycles. The van der Waals surface area contributed by atoms with Crippen molar-refractivity contribution in [3.8, 4) is 0 Å². The summed E-state index contributed by atoms with van der Waals surface area (Å²) in [5.74, 6) is 0.669. The van der Waals surface area contributed by atoms with E-state index in [4.69, 9.17) is 5.73 Å². The van der Waals surface area contributed by atoms with Crippen molar-refractivity contribution < 1.29 is 5.11 Å². The van der Waals surface area contributed by atoms with E-state index >= 15 is 0 Å². The Balaban J connectivity index is 1.93. The normalized spacial score (nSPS) is 38.1. The lowest BCUT2D eigenvalue weighted by atomic mass is 9.80. The molecule has 2 aliphatic rings. The first kappa shape index (κ1) is 9.94. The van der Waals surface area contributed by atoms with Gasteiger partial charge in [0.25, 0.3) is 0 Å². The van der Waals surface area contributed by atoms with Crippen LogP contribution >= 0.6 is 0 Å². The maximum atomic E-state index is 9.41. The lowest BCUT2D eigenvalue weighted by Crippen LogP contribution is -2.22. The Bertz CT molecular complexity index is 249. The number of aliphatic hydroxyl groups is 1. The highest BCUT2D eigenvalue weighted by atomic mass is 16.3. The Morgan fingerprint density at radius 2 is 1.93 bits per heavy atom. The predicted octanol–water partition coefficient (Wildman–Crippen LogP) is 1.75. The van der Waals surface area contributed by atoms with Gasteiger partial charge in [0.2, 0.25) is 0 Å². The molecule has 2 aliphatic carbocycles. The molecular formula is C12H19NO. The second-order valence-electron chi connectivity index (χ2n) is 4.47. The minimum atomic E-state index is -0.0540. The molecule has 2 nitrogen and oxygen atoms in total. The summed E-state index contributed by atoms with van der Waals surface area (Å²) < 4.78 is 0. The van der Waals surface area contributed by atoms with E-state index in [2.05, 4.69) is 18.2 Å². The second kappa shape index (κ2) is 4.28. The van der Waals surface area contributed by atoms with Crippen LogP contribution in [0.15, 0.2) is 23.8 Å². The molecule has 0 saturated heterocycles. The maximum Gasteiger partial charge on any atom is 0.0540 e. The Labute approximate surface area is 85.5 Å². The number of allylic oxidation sites excluding steroid dienone is 2. The molecule has 0 aromatic carbocycles. The van der Waals surface area contributed by atoms with Crippen molar-refractivity contribution in [3.05, 3.63) is 23.8 Å². The summed E-state index contributed by atoms with van der Waals surface area (Å²) in [6.45, 7) is 0. The first-order chi connectivity index (χ1) is 6.75. The highest BCUT2D eigenvalue weighted by molar-refractivity contribution is 5.27. The molecule has 0 spiro atoms. The summed E-state index contributed by atoms with van der Waals surface area (Å²) in [6.07, 6.45) is 11.7. The third-order valence-corrected chi connectivity index (χ3v) is 3.33. The molecular weight excluding hydrogens is 174 g/mol. The summed E-state index contributed by atoms with van der Waals surface area (Å²) >= 11 is 0. The zero-order chi connectivity index (χ0) is 9.97. The van der Waals surface area contributed by atoms with Crippen molar-refractivity contribution in [2.45, 2.75) is 44.2 Å². The van der Waals surface area contributed by atoms with E-state index in [-0.39, 0.29) is 12.1 Å². The lowest BCUT2D eigenvalue weighted by Gasteiger charge is -2.27. The topological polar surface area (TPSA) is 46.2 Å². The summed E-state index contributed by atoms with van der Waals surface area (Å²) in [5.41, 5.74) is 7.22. The Morgan fingerprint density at radius 3 is 2.50 bits per heavy atom. The summed E-state index contributed by atoms with van der Waals surface area (Å²) in [6, 6.07) is 0.216.